The molecule has 1 fully saturated rings. The van der Waals surface area contributed by atoms with E-state index in [4.69, 9.17) is 14.2 Å². The van der Waals surface area contributed by atoms with Crippen molar-refractivity contribution in [3.8, 4) is 11.5 Å². The van der Waals surface area contributed by atoms with Gasteiger partial charge in [-0.1, -0.05) is 25.1 Å². The molecule has 30 heavy (non-hydrogen) atoms. The Balaban J connectivity index is 1.69. The molecule has 0 bridgehead atoms. The van der Waals surface area contributed by atoms with Crippen molar-refractivity contribution in [2.45, 2.75) is 57.1 Å². The third-order valence-electron chi connectivity index (χ3n) is 6.51. The third-order valence-corrected chi connectivity index (χ3v) is 6.51. The number of hydrogen-bond donors (Lipinski definition) is 1. The van der Waals surface area contributed by atoms with Crippen molar-refractivity contribution in [1.82, 2.24) is 5.32 Å². The number of hydrogen-bond acceptors (Lipinski definition) is 4. The number of halogens is 1. The summed E-state index contributed by atoms with van der Waals surface area (Å²) in [4.78, 5) is 0. The summed E-state index contributed by atoms with van der Waals surface area (Å²) in [6.45, 7) is 6.72. The van der Waals surface area contributed by atoms with Crippen molar-refractivity contribution in [3.05, 3.63) is 59.4 Å². The minimum atomic E-state index is -0.189. The molecule has 0 saturated carbocycles. The van der Waals surface area contributed by atoms with Crippen molar-refractivity contribution < 1.29 is 18.6 Å². The number of ether oxygens (including phenoxy) is 3. The lowest BCUT2D eigenvalue weighted by molar-refractivity contribution is -0.0979. The smallest absolute Gasteiger partial charge is 0.161 e. The van der Waals surface area contributed by atoms with Crippen molar-refractivity contribution in [1.29, 1.82) is 0 Å². The first-order valence-electron chi connectivity index (χ1n) is 10.8. The summed E-state index contributed by atoms with van der Waals surface area (Å²) in [5.74, 6) is 1.28. The van der Waals surface area contributed by atoms with Crippen molar-refractivity contribution in [3.63, 3.8) is 0 Å². The molecule has 3 rings (SSSR count). The van der Waals surface area contributed by atoms with Crippen LogP contribution in [0.5, 0.6) is 11.5 Å². The van der Waals surface area contributed by atoms with Crippen molar-refractivity contribution in [2.24, 2.45) is 0 Å². The Labute approximate surface area is 179 Å². The highest BCUT2D eigenvalue weighted by molar-refractivity contribution is 5.42. The highest BCUT2D eigenvalue weighted by Gasteiger charge is 2.43. The molecule has 2 unspecified atom stereocenters. The fraction of sp³-hybridized carbons (Fsp3) is 0.520. The summed E-state index contributed by atoms with van der Waals surface area (Å²) in [6.07, 6.45) is 3.84. The third kappa shape index (κ3) is 5.13. The zero-order valence-corrected chi connectivity index (χ0v) is 18.6. The average Bonchev–Trinajstić information content (AvgIpc) is 2.77. The van der Waals surface area contributed by atoms with Crippen LogP contribution in [0, 0.1) is 5.82 Å². The molecule has 5 heteroatoms. The predicted octanol–water partition coefficient (Wildman–Crippen LogP) is 5.24. The van der Waals surface area contributed by atoms with Crippen LogP contribution in [0.15, 0.2) is 42.5 Å². The second kappa shape index (κ2) is 9.80. The van der Waals surface area contributed by atoms with E-state index in [-0.39, 0.29) is 16.8 Å². The molecule has 0 aliphatic carbocycles. The van der Waals surface area contributed by atoms with Gasteiger partial charge in [-0.05, 0) is 74.5 Å². The van der Waals surface area contributed by atoms with Crippen LogP contribution in [-0.2, 0) is 16.7 Å². The molecule has 2 atom stereocenters. The predicted molar refractivity (Wildman–Crippen MR) is 118 cm³/mol. The van der Waals surface area contributed by atoms with Crippen LogP contribution in [0.1, 0.15) is 50.7 Å². The fourth-order valence-electron chi connectivity index (χ4n) is 4.53. The monoisotopic (exact) mass is 415 g/mol. The lowest BCUT2D eigenvalue weighted by atomic mass is 9.66. The summed E-state index contributed by atoms with van der Waals surface area (Å²) >= 11 is 0. The lowest BCUT2D eigenvalue weighted by Gasteiger charge is -2.47. The van der Waals surface area contributed by atoms with Crippen molar-refractivity contribution in [2.75, 3.05) is 27.4 Å². The lowest BCUT2D eigenvalue weighted by Crippen LogP contribution is -2.46. The maximum atomic E-state index is 13.6. The standard InChI is InChI=1S/C25H34FNO3/c1-5-24(2)18-25(13-15-30-24,20-7-9-21(26)10-8-20)12-14-27-17-19-6-11-22(28-3)23(16-19)29-4/h6-11,16,27H,5,12-15,17-18H2,1-4H3. The summed E-state index contributed by atoms with van der Waals surface area (Å²) in [5.41, 5.74) is 2.20. The Morgan fingerprint density at radius 1 is 1.07 bits per heavy atom. The molecule has 4 nitrogen and oxygen atoms in total. The van der Waals surface area contributed by atoms with Crippen LogP contribution < -0.4 is 14.8 Å². The molecule has 0 amide bonds. The van der Waals surface area contributed by atoms with Gasteiger partial charge in [-0.15, -0.1) is 0 Å². The van der Waals surface area contributed by atoms with Crippen LogP contribution in [-0.4, -0.2) is 33.0 Å². The van der Waals surface area contributed by atoms with E-state index in [0.29, 0.717) is 0 Å². The first kappa shape index (κ1) is 22.6. The van der Waals surface area contributed by atoms with Gasteiger partial charge in [0.2, 0.25) is 0 Å². The van der Waals surface area contributed by atoms with E-state index in [2.05, 4.69) is 19.2 Å². The topological polar surface area (TPSA) is 39.7 Å². The molecular weight excluding hydrogens is 381 g/mol. The van der Waals surface area contributed by atoms with E-state index < -0.39 is 0 Å². The summed E-state index contributed by atoms with van der Waals surface area (Å²) in [7, 11) is 3.29. The first-order chi connectivity index (χ1) is 14.4. The molecule has 0 radical (unpaired) electrons. The zero-order valence-electron chi connectivity index (χ0n) is 18.6. The molecule has 1 aliphatic rings. The van der Waals surface area contributed by atoms with Crippen LogP contribution in [0.4, 0.5) is 4.39 Å². The normalized spacial score (nSPS) is 23.9. The minimum Gasteiger partial charge on any atom is -0.493 e. The van der Waals surface area contributed by atoms with Gasteiger partial charge in [-0.25, -0.2) is 4.39 Å². The second-order valence-corrected chi connectivity index (χ2v) is 8.48. The van der Waals surface area contributed by atoms with Gasteiger partial charge in [0, 0.05) is 18.6 Å². The van der Waals surface area contributed by atoms with E-state index in [1.165, 1.54) is 5.56 Å². The van der Waals surface area contributed by atoms with Gasteiger partial charge in [-0.2, -0.15) is 0 Å². The summed E-state index contributed by atoms with van der Waals surface area (Å²) in [5, 5.41) is 3.58. The number of rotatable bonds is 9. The highest BCUT2D eigenvalue weighted by Crippen LogP contribution is 2.45. The van der Waals surface area contributed by atoms with Gasteiger partial charge in [0.1, 0.15) is 5.82 Å². The van der Waals surface area contributed by atoms with Gasteiger partial charge in [0.05, 0.1) is 19.8 Å². The quantitative estimate of drug-likeness (QED) is 0.569. The molecule has 1 aliphatic heterocycles. The molecule has 1 saturated heterocycles. The first-order valence-corrected chi connectivity index (χ1v) is 10.8. The maximum Gasteiger partial charge on any atom is 0.161 e. The van der Waals surface area contributed by atoms with Gasteiger partial charge >= 0.3 is 0 Å². The van der Waals surface area contributed by atoms with Crippen LogP contribution in [0.2, 0.25) is 0 Å². The van der Waals surface area contributed by atoms with E-state index in [0.717, 1.165) is 62.4 Å². The van der Waals surface area contributed by atoms with E-state index in [1.54, 1.807) is 26.4 Å². The number of benzene rings is 2. The molecule has 2 aromatic rings. The minimum absolute atomic E-state index is 0.0126. The molecule has 0 aromatic heterocycles. The Kier molecular flexibility index (Phi) is 7.37. The largest absolute Gasteiger partial charge is 0.493 e. The SMILES string of the molecule is CCC1(C)CC(CCNCc2ccc(OC)c(OC)c2)(c2ccc(F)cc2)CCO1. The Morgan fingerprint density at radius 2 is 1.80 bits per heavy atom. The second-order valence-electron chi connectivity index (χ2n) is 8.48. The molecule has 164 valence electrons. The Morgan fingerprint density at radius 3 is 2.47 bits per heavy atom. The molecule has 2 aromatic carbocycles. The number of methoxy groups -OCH3 is 2. The number of nitrogens with one attached hydrogen (secondary N) is 1. The van der Waals surface area contributed by atoms with Crippen LogP contribution in [0.25, 0.3) is 0 Å². The highest BCUT2D eigenvalue weighted by atomic mass is 19.1. The zero-order chi connectivity index (χ0) is 21.6. The van der Waals surface area contributed by atoms with E-state index in [9.17, 15) is 4.39 Å². The van der Waals surface area contributed by atoms with Gasteiger partial charge in [0.25, 0.3) is 0 Å². The Bertz CT molecular complexity index is 826. The van der Waals surface area contributed by atoms with E-state index in [1.807, 2.05) is 30.3 Å². The fourth-order valence-corrected chi connectivity index (χ4v) is 4.53. The van der Waals surface area contributed by atoms with Crippen LogP contribution in [0.3, 0.4) is 0 Å². The average molecular weight is 416 g/mol. The van der Waals surface area contributed by atoms with Crippen molar-refractivity contribution >= 4 is 0 Å². The molecule has 0 spiro atoms. The van der Waals surface area contributed by atoms with Gasteiger partial charge < -0.3 is 19.5 Å². The summed E-state index contributed by atoms with van der Waals surface area (Å²) < 4.78 is 30.4. The molecule has 1 heterocycles. The molecular formula is C25H34FNO3. The van der Waals surface area contributed by atoms with Gasteiger partial charge in [0.15, 0.2) is 11.5 Å². The maximum absolute atomic E-state index is 13.6. The van der Waals surface area contributed by atoms with E-state index >= 15 is 0 Å². The molecule has 1 N–H and O–H groups in total. The Hall–Kier alpha value is -2.11. The van der Waals surface area contributed by atoms with Crippen LogP contribution >= 0.6 is 0 Å². The van der Waals surface area contributed by atoms with Gasteiger partial charge in [-0.3, -0.25) is 0 Å². The summed E-state index contributed by atoms with van der Waals surface area (Å²) in [6, 6.07) is 13.0.